The SMILES string of the molecule is O=C(CSc1nnc(N2CCCCC2)n1-c1ccccc1)NC(=O)c1ccc(OC(F)F)cc1. The fraction of sp³-hybridized carbons (Fsp3) is 0.304. The number of carbonyl (C=O) groups excluding carboxylic acids is 2. The molecule has 0 aliphatic carbocycles. The second-order valence-electron chi connectivity index (χ2n) is 7.57. The lowest BCUT2D eigenvalue weighted by atomic mass is 10.1. The van der Waals surface area contributed by atoms with Crippen molar-refractivity contribution in [3.8, 4) is 11.4 Å². The van der Waals surface area contributed by atoms with Crippen molar-refractivity contribution in [2.45, 2.75) is 31.0 Å². The van der Waals surface area contributed by atoms with E-state index in [2.05, 4.69) is 25.2 Å². The van der Waals surface area contributed by atoms with Gasteiger partial charge < -0.3 is 9.64 Å². The Labute approximate surface area is 199 Å². The number of rotatable bonds is 8. The van der Waals surface area contributed by atoms with Crippen molar-refractivity contribution in [1.82, 2.24) is 20.1 Å². The first kappa shape index (κ1) is 23.7. The number of aromatic nitrogens is 3. The van der Waals surface area contributed by atoms with E-state index >= 15 is 0 Å². The standard InChI is InChI=1S/C23H23F2N5O3S/c24-21(25)33-18-11-9-16(10-12-18)20(32)26-19(31)15-34-23-28-27-22(29-13-5-2-6-14-29)30(23)17-7-3-1-4-8-17/h1,3-4,7-12,21H,2,5-6,13-15H2,(H,26,31,32). The van der Waals surface area contributed by atoms with Gasteiger partial charge in [0.2, 0.25) is 11.9 Å². The summed E-state index contributed by atoms with van der Waals surface area (Å²) in [7, 11) is 0. The Morgan fingerprint density at radius 2 is 1.71 bits per heavy atom. The largest absolute Gasteiger partial charge is 0.435 e. The van der Waals surface area contributed by atoms with Crippen LogP contribution in [0.4, 0.5) is 14.7 Å². The molecular weight excluding hydrogens is 464 g/mol. The van der Waals surface area contributed by atoms with Crippen LogP contribution in [0.5, 0.6) is 5.75 Å². The molecule has 4 rings (SSSR count). The molecule has 0 atom stereocenters. The molecule has 11 heteroatoms. The van der Waals surface area contributed by atoms with Crippen LogP contribution < -0.4 is 15.0 Å². The Kier molecular flexibility index (Phi) is 7.73. The molecule has 34 heavy (non-hydrogen) atoms. The molecule has 2 heterocycles. The van der Waals surface area contributed by atoms with Crippen LogP contribution in [0.15, 0.2) is 59.8 Å². The number of thioether (sulfide) groups is 1. The molecule has 1 aliphatic rings. The number of benzene rings is 2. The van der Waals surface area contributed by atoms with Gasteiger partial charge in [-0.3, -0.25) is 19.5 Å². The molecule has 0 bridgehead atoms. The molecule has 3 aromatic rings. The zero-order valence-electron chi connectivity index (χ0n) is 18.2. The van der Waals surface area contributed by atoms with Crippen molar-refractivity contribution in [3.63, 3.8) is 0 Å². The minimum Gasteiger partial charge on any atom is -0.435 e. The average molecular weight is 488 g/mol. The maximum absolute atomic E-state index is 12.4. The van der Waals surface area contributed by atoms with E-state index in [1.807, 2.05) is 34.9 Å². The highest BCUT2D eigenvalue weighted by Crippen LogP contribution is 2.28. The van der Waals surface area contributed by atoms with E-state index in [9.17, 15) is 18.4 Å². The van der Waals surface area contributed by atoms with E-state index in [-0.39, 0.29) is 17.1 Å². The van der Waals surface area contributed by atoms with Crippen LogP contribution >= 0.6 is 11.8 Å². The fourth-order valence-corrected chi connectivity index (χ4v) is 4.36. The number of anilines is 1. The number of halogens is 2. The molecule has 8 nitrogen and oxygen atoms in total. The molecule has 178 valence electrons. The van der Waals surface area contributed by atoms with Gasteiger partial charge in [0.25, 0.3) is 5.91 Å². The summed E-state index contributed by atoms with van der Waals surface area (Å²) in [6.45, 7) is -1.16. The first-order valence-electron chi connectivity index (χ1n) is 10.8. The number of amides is 2. The van der Waals surface area contributed by atoms with Gasteiger partial charge in [-0.2, -0.15) is 8.78 Å². The molecule has 1 saturated heterocycles. The molecule has 1 aliphatic heterocycles. The summed E-state index contributed by atoms with van der Waals surface area (Å²) >= 11 is 1.18. The van der Waals surface area contributed by atoms with Crippen LogP contribution in [-0.4, -0.2) is 52.0 Å². The van der Waals surface area contributed by atoms with Gasteiger partial charge in [-0.25, -0.2) is 0 Å². The number of alkyl halides is 2. The Bertz CT molecular complexity index is 1120. The van der Waals surface area contributed by atoms with Crippen molar-refractivity contribution < 1.29 is 23.1 Å². The van der Waals surface area contributed by atoms with Gasteiger partial charge in [-0.15, -0.1) is 10.2 Å². The van der Waals surface area contributed by atoms with E-state index < -0.39 is 18.4 Å². The first-order chi connectivity index (χ1) is 16.5. The van der Waals surface area contributed by atoms with Gasteiger partial charge in [0.15, 0.2) is 5.16 Å². The maximum atomic E-state index is 12.4. The highest BCUT2D eigenvalue weighted by molar-refractivity contribution is 7.99. The van der Waals surface area contributed by atoms with Crippen LogP contribution in [0.25, 0.3) is 5.69 Å². The number of imide groups is 1. The van der Waals surface area contributed by atoms with Gasteiger partial charge in [0.1, 0.15) is 5.75 Å². The van der Waals surface area contributed by atoms with E-state index in [4.69, 9.17) is 0 Å². The zero-order chi connectivity index (χ0) is 23.9. The third kappa shape index (κ3) is 5.90. The van der Waals surface area contributed by atoms with Crippen molar-refractivity contribution in [2.24, 2.45) is 0 Å². The number of hydrogen-bond donors (Lipinski definition) is 1. The van der Waals surface area contributed by atoms with E-state index in [0.717, 1.165) is 37.6 Å². The predicted molar refractivity (Wildman–Crippen MR) is 124 cm³/mol. The summed E-state index contributed by atoms with van der Waals surface area (Å²) < 4.78 is 30.7. The number of hydrogen-bond acceptors (Lipinski definition) is 7. The van der Waals surface area contributed by atoms with Crippen LogP contribution in [0.3, 0.4) is 0 Å². The number of piperidine rings is 1. The Hall–Kier alpha value is -3.47. The number of nitrogens with zero attached hydrogens (tertiary/aromatic N) is 4. The number of carbonyl (C=O) groups is 2. The summed E-state index contributed by atoms with van der Waals surface area (Å²) in [5.41, 5.74) is 1.04. The molecular formula is C23H23F2N5O3S. The summed E-state index contributed by atoms with van der Waals surface area (Å²) in [6, 6.07) is 14.8. The van der Waals surface area contributed by atoms with Crippen LogP contribution in [0.2, 0.25) is 0 Å². The summed E-state index contributed by atoms with van der Waals surface area (Å²) in [5.74, 6) is -0.532. The maximum Gasteiger partial charge on any atom is 0.387 e. The summed E-state index contributed by atoms with van der Waals surface area (Å²) in [4.78, 5) is 26.9. The molecule has 0 saturated carbocycles. The van der Waals surface area contributed by atoms with Gasteiger partial charge >= 0.3 is 6.61 Å². The molecule has 2 aromatic carbocycles. The summed E-state index contributed by atoms with van der Waals surface area (Å²) in [5, 5.41) is 11.5. The zero-order valence-corrected chi connectivity index (χ0v) is 19.0. The average Bonchev–Trinajstić information content (AvgIpc) is 3.28. The van der Waals surface area contributed by atoms with Gasteiger partial charge in [0, 0.05) is 18.7 Å². The van der Waals surface area contributed by atoms with Crippen molar-refractivity contribution in [3.05, 3.63) is 60.2 Å². The first-order valence-corrected chi connectivity index (χ1v) is 11.8. The predicted octanol–water partition coefficient (Wildman–Crippen LogP) is 3.91. The van der Waals surface area contributed by atoms with Gasteiger partial charge in [-0.1, -0.05) is 30.0 Å². The normalized spacial score (nSPS) is 13.7. The van der Waals surface area contributed by atoms with Crippen molar-refractivity contribution in [1.29, 1.82) is 0 Å². The number of ether oxygens (including phenoxy) is 1. The molecule has 0 unspecified atom stereocenters. The van der Waals surface area contributed by atoms with Crippen molar-refractivity contribution >= 4 is 29.5 Å². The van der Waals surface area contributed by atoms with Crippen LogP contribution in [0.1, 0.15) is 29.6 Å². The van der Waals surface area contributed by atoms with E-state index in [1.165, 1.54) is 42.4 Å². The van der Waals surface area contributed by atoms with Crippen molar-refractivity contribution in [2.75, 3.05) is 23.7 Å². The lowest BCUT2D eigenvalue weighted by molar-refractivity contribution is -0.117. The second-order valence-corrected chi connectivity index (χ2v) is 8.51. The third-order valence-electron chi connectivity index (χ3n) is 5.20. The Balaban J connectivity index is 1.42. The van der Waals surface area contributed by atoms with Gasteiger partial charge in [-0.05, 0) is 55.7 Å². The summed E-state index contributed by atoms with van der Waals surface area (Å²) in [6.07, 6.45) is 3.36. The minimum absolute atomic E-state index is 0.0523. The highest BCUT2D eigenvalue weighted by Gasteiger charge is 2.22. The number of nitrogens with one attached hydrogen (secondary N) is 1. The monoisotopic (exact) mass is 487 g/mol. The lowest BCUT2D eigenvalue weighted by Gasteiger charge is -2.27. The van der Waals surface area contributed by atoms with Gasteiger partial charge in [0.05, 0.1) is 11.4 Å². The lowest BCUT2D eigenvalue weighted by Crippen LogP contribution is -2.32. The number of para-hydroxylation sites is 1. The minimum atomic E-state index is -2.95. The molecule has 0 spiro atoms. The topological polar surface area (TPSA) is 89.4 Å². The molecule has 1 aromatic heterocycles. The van der Waals surface area contributed by atoms with Crippen LogP contribution in [-0.2, 0) is 4.79 Å². The molecule has 1 fully saturated rings. The quantitative estimate of drug-likeness (QED) is 0.482. The fourth-order valence-electron chi connectivity index (χ4n) is 3.61. The second kappa shape index (κ2) is 11.1. The van der Waals surface area contributed by atoms with E-state index in [0.29, 0.717) is 5.16 Å². The molecule has 1 N–H and O–H groups in total. The molecule has 2 amide bonds. The van der Waals surface area contributed by atoms with Crippen LogP contribution in [0, 0.1) is 0 Å². The Morgan fingerprint density at radius 1 is 1.00 bits per heavy atom. The highest BCUT2D eigenvalue weighted by atomic mass is 32.2. The van der Waals surface area contributed by atoms with E-state index in [1.54, 1.807) is 0 Å². The smallest absolute Gasteiger partial charge is 0.387 e. The molecule has 0 radical (unpaired) electrons. The Morgan fingerprint density at radius 3 is 2.38 bits per heavy atom. The third-order valence-corrected chi connectivity index (χ3v) is 6.13.